The number of rotatable bonds is 10. The summed E-state index contributed by atoms with van der Waals surface area (Å²) in [5.74, 6) is -2.34. The van der Waals surface area contributed by atoms with Gasteiger partial charge in [-0.1, -0.05) is 31.2 Å². The maximum Gasteiger partial charge on any atom is 0.248 e. The molecule has 2 heterocycles. The first-order chi connectivity index (χ1) is 18.8. The predicted octanol–water partition coefficient (Wildman–Crippen LogP) is 5.02. The van der Waals surface area contributed by atoms with Gasteiger partial charge in [-0.3, -0.25) is 14.6 Å². The van der Waals surface area contributed by atoms with Crippen LogP contribution < -0.4 is 11.1 Å². The van der Waals surface area contributed by atoms with Gasteiger partial charge in [0.25, 0.3) is 0 Å². The number of amides is 2. The molecule has 2 aromatic heterocycles. The first-order valence-corrected chi connectivity index (χ1v) is 12.5. The highest BCUT2D eigenvalue weighted by molar-refractivity contribution is 5.94. The number of carbonyl (C=O) groups is 2. The molecule has 4 rings (SSSR count). The average Bonchev–Trinajstić information content (AvgIpc) is 3.29. The number of halogens is 2. The van der Waals surface area contributed by atoms with E-state index in [1.807, 2.05) is 26.0 Å². The van der Waals surface area contributed by atoms with E-state index in [1.165, 1.54) is 12.1 Å². The molecule has 0 unspecified atom stereocenters. The van der Waals surface area contributed by atoms with E-state index < -0.39 is 23.6 Å². The molecule has 0 aliphatic carbocycles. The highest BCUT2D eigenvalue weighted by Gasteiger charge is 2.22. The minimum atomic E-state index is -0.744. The van der Waals surface area contributed by atoms with Crippen LogP contribution in [0.25, 0.3) is 17.2 Å². The smallest absolute Gasteiger partial charge is 0.248 e. The van der Waals surface area contributed by atoms with Gasteiger partial charge in [0.05, 0.1) is 29.5 Å². The number of imidazole rings is 1. The summed E-state index contributed by atoms with van der Waals surface area (Å²) < 4.78 is 29.8. The molecule has 0 fully saturated rings. The van der Waals surface area contributed by atoms with Gasteiger partial charge >= 0.3 is 0 Å². The van der Waals surface area contributed by atoms with Crippen LogP contribution in [-0.4, -0.2) is 26.3 Å². The van der Waals surface area contributed by atoms with Gasteiger partial charge in [-0.25, -0.2) is 13.8 Å². The maximum atomic E-state index is 14.0. The normalized spacial score (nSPS) is 12.0. The number of aryl methyl sites for hydroxylation is 1. The minimum absolute atomic E-state index is 0.0139. The van der Waals surface area contributed by atoms with Gasteiger partial charge in [-0.15, -0.1) is 0 Å². The van der Waals surface area contributed by atoms with Crippen molar-refractivity contribution in [1.29, 1.82) is 0 Å². The summed E-state index contributed by atoms with van der Waals surface area (Å²) in [6, 6.07) is 12.8. The number of pyridine rings is 1. The Labute approximate surface area is 225 Å². The Kier molecular flexibility index (Phi) is 8.60. The highest BCUT2D eigenvalue weighted by atomic mass is 19.1. The molecule has 0 saturated carbocycles. The van der Waals surface area contributed by atoms with Gasteiger partial charge in [0.15, 0.2) is 0 Å². The van der Waals surface area contributed by atoms with Crippen molar-refractivity contribution in [2.24, 2.45) is 5.73 Å². The van der Waals surface area contributed by atoms with Gasteiger partial charge in [0.1, 0.15) is 18.2 Å². The van der Waals surface area contributed by atoms with Crippen molar-refractivity contribution in [3.05, 3.63) is 113 Å². The van der Waals surface area contributed by atoms with Crippen molar-refractivity contribution in [3.63, 3.8) is 0 Å². The highest BCUT2D eigenvalue weighted by Crippen LogP contribution is 2.30. The zero-order valence-corrected chi connectivity index (χ0v) is 21.7. The second-order valence-electron chi connectivity index (χ2n) is 9.04. The molecule has 0 aliphatic heterocycles. The van der Waals surface area contributed by atoms with Crippen molar-refractivity contribution < 1.29 is 18.4 Å². The quantitative estimate of drug-likeness (QED) is 0.301. The lowest BCUT2D eigenvalue weighted by molar-refractivity contribution is -0.122. The average molecular weight is 530 g/mol. The van der Waals surface area contributed by atoms with Crippen LogP contribution in [0.1, 0.15) is 52.9 Å². The third-order valence-electron chi connectivity index (χ3n) is 6.26. The van der Waals surface area contributed by atoms with Crippen LogP contribution in [0.2, 0.25) is 0 Å². The van der Waals surface area contributed by atoms with Crippen molar-refractivity contribution in [3.8, 4) is 11.1 Å². The number of nitrogens with one attached hydrogen (secondary N) is 1. The summed E-state index contributed by atoms with van der Waals surface area (Å²) in [5, 5.41) is 3.00. The van der Waals surface area contributed by atoms with Crippen LogP contribution >= 0.6 is 0 Å². The molecule has 0 saturated heterocycles. The van der Waals surface area contributed by atoms with Gasteiger partial charge in [0, 0.05) is 23.4 Å². The fourth-order valence-electron chi connectivity index (χ4n) is 4.54. The standard InChI is InChI=1S/C30H29F2N5O2/c1-3-7-27-25(4-2)35-18-37(27)17-28(38)36-26(14-19-12-22(31)16-23(32)13-19)29-24(10-6-11-34-29)20-8-5-9-21(15-20)30(33)39/h3,5-13,15-16,18,26H,4,14,17H2,1-2H3,(H2,33,39)(H,36,38)/b7-3-/t26-/m0/s1. The maximum absolute atomic E-state index is 14.0. The molecule has 200 valence electrons. The van der Waals surface area contributed by atoms with Crippen molar-refractivity contribution in [2.75, 3.05) is 0 Å². The fourth-order valence-corrected chi connectivity index (χ4v) is 4.54. The molecular formula is C30H29F2N5O2. The number of nitrogens with zero attached hydrogens (tertiary/aromatic N) is 3. The molecule has 2 amide bonds. The van der Waals surface area contributed by atoms with Crippen molar-refractivity contribution >= 4 is 17.9 Å². The molecule has 1 atom stereocenters. The van der Waals surface area contributed by atoms with Gasteiger partial charge in [-0.2, -0.15) is 0 Å². The second kappa shape index (κ2) is 12.3. The predicted molar refractivity (Wildman–Crippen MR) is 145 cm³/mol. The van der Waals surface area contributed by atoms with E-state index >= 15 is 0 Å². The summed E-state index contributed by atoms with van der Waals surface area (Å²) in [5.41, 5.74) is 9.64. The van der Waals surface area contributed by atoms with Crippen molar-refractivity contribution in [2.45, 2.75) is 39.3 Å². The van der Waals surface area contributed by atoms with Crippen LogP contribution in [0, 0.1) is 11.6 Å². The van der Waals surface area contributed by atoms with Gasteiger partial charge in [-0.05, 0) is 67.3 Å². The van der Waals surface area contributed by atoms with E-state index in [2.05, 4.69) is 15.3 Å². The Morgan fingerprint density at radius 3 is 2.54 bits per heavy atom. The minimum Gasteiger partial charge on any atom is -0.366 e. The van der Waals surface area contributed by atoms with Crippen LogP contribution in [0.3, 0.4) is 0 Å². The molecule has 9 heteroatoms. The molecule has 0 aliphatic rings. The summed E-state index contributed by atoms with van der Waals surface area (Å²) in [4.78, 5) is 34.1. The Balaban J connectivity index is 1.72. The van der Waals surface area contributed by atoms with E-state index in [4.69, 9.17) is 5.73 Å². The molecule has 7 nitrogen and oxygen atoms in total. The lowest BCUT2D eigenvalue weighted by atomic mass is 9.94. The summed E-state index contributed by atoms with van der Waals surface area (Å²) in [6.07, 6.45) is 7.76. The number of allylic oxidation sites excluding steroid dienone is 1. The molecule has 3 N–H and O–H groups in total. The number of aromatic nitrogens is 3. The van der Waals surface area contributed by atoms with Crippen LogP contribution in [0.15, 0.2) is 73.2 Å². The number of nitrogens with two attached hydrogens (primary N) is 1. The first kappa shape index (κ1) is 27.4. The second-order valence-corrected chi connectivity index (χ2v) is 9.04. The number of hydrogen-bond donors (Lipinski definition) is 2. The van der Waals surface area contributed by atoms with Crippen molar-refractivity contribution in [1.82, 2.24) is 19.9 Å². The molecular weight excluding hydrogens is 500 g/mol. The number of benzene rings is 2. The Hall–Kier alpha value is -4.66. The third-order valence-corrected chi connectivity index (χ3v) is 6.26. The van der Waals surface area contributed by atoms with Gasteiger partial charge < -0.3 is 15.6 Å². The van der Waals surface area contributed by atoms with E-state index in [1.54, 1.807) is 53.5 Å². The van der Waals surface area contributed by atoms with Crippen LogP contribution in [0.5, 0.6) is 0 Å². The van der Waals surface area contributed by atoms with E-state index in [-0.39, 0.29) is 18.9 Å². The van der Waals surface area contributed by atoms with Crippen LogP contribution in [0.4, 0.5) is 8.78 Å². The van der Waals surface area contributed by atoms with E-state index in [9.17, 15) is 18.4 Å². The SMILES string of the molecule is C/C=C\c1c(CC)ncn1CC(=O)N[C@@H](Cc1cc(F)cc(F)c1)c1ncccc1-c1cccc(C(N)=O)c1. The monoisotopic (exact) mass is 529 g/mol. The largest absolute Gasteiger partial charge is 0.366 e. The topological polar surface area (TPSA) is 103 Å². The molecule has 2 aromatic carbocycles. The van der Waals surface area contributed by atoms with E-state index in [0.29, 0.717) is 34.4 Å². The zero-order valence-electron chi connectivity index (χ0n) is 21.7. The zero-order chi connectivity index (χ0) is 27.9. The molecule has 0 radical (unpaired) electrons. The Morgan fingerprint density at radius 2 is 1.85 bits per heavy atom. The van der Waals surface area contributed by atoms with E-state index in [0.717, 1.165) is 17.5 Å². The number of hydrogen-bond acceptors (Lipinski definition) is 4. The summed E-state index contributed by atoms with van der Waals surface area (Å²) in [6.45, 7) is 3.87. The summed E-state index contributed by atoms with van der Waals surface area (Å²) >= 11 is 0. The number of primary amides is 1. The van der Waals surface area contributed by atoms with Crippen LogP contribution in [-0.2, 0) is 24.2 Å². The number of carbonyl (C=O) groups excluding carboxylic acids is 2. The Morgan fingerprint density at radius 1 is 1.08 bits per heavy atom. The molecule has 4 aromatic rings. The molecule has 0 bridgehead atoms. The first-order valence-electron chi connectivity index (χ1n) is 12.5. The molecule has 0 spiro atoms. The fraction of sp³-hybridized carbons (Fsp3) is 0.200. The lowest BCUT2D eigenvalue weighted by Gasteiger charge is -2.22. The summed E-state index contributed by atoms with van der Waals surface area (Å²) in [7, 11) is 0. The third kappa shape index (κ3) is 6.62. The molecule has 39 heavy (non-hydrogen) atoms. The Bertz CT molecular complexity index is 1510. The lowest BCUT2D eigenvalue weighted by Crippen LogP contribution is -2.33. The van der Waals surface area contributed by atoms with Gasteiger partial charge in [0.2, 0.25) is 11.8 Å².